The Morgan fingerprint density at radius 2 is 2.28 bits per heavy atom. The number of piperidine rings is 1. The van der Waals surface area contributed by atoms with E-state index in [1.165, 1.54) is 12.3 Å². The van der Waals surface area contributed by atoms with Gasteiger partial charge in [-0.05, 0) is 31.4 Å². The average molecular weight is 289 g/mol. The average Bonchev–Trinajstić information content (AvgIpc) is 2.39. The molecule has 100 valence electrons. The maximum atomic E-state index is 12.6. The highest BCUT2D eigenvalue weighted by atomic mass is 35.5. The molecule has 1 fully saturated rings. The highest BCUT2D eigenvalue weighted by molar-refractivity contribution is 7.89. The lowest BCUT2D eigenvalue weighted by atomic mass is 10.0. The molecule has 1 saturated heterocycles. The fourth-order valence-corrected chi connectivity index (χ4v) is 4.59. The van der Waals surface area contributed by atoms with E-state index in [2.05, 4.69) is 4.98 Å². The van der Waals surface area contributed by atoms with E-state index in [1.54, 1.807) is 10.4 Å². The summed E-state index contributed by atoms with van der Waals surface area (Å²) in [6.07, 6.45) is 5.25. The molecule has 0 aliphatic carbocycles. The van der Waals surface area contributed by atoms with Crippen molar-refractivity contribution < 1.29 is 8.42 Å². The zero-order valence-corrected chi connectivity index (χ0v) is 11.9. The lowest BCUT2D eigenvalue weighted by Crippen LogP contribution is -2.43. The van der Waals surface area contributed by atoms with Crippen LogP contribution in [-0.4, -0.2) is 30.3 Å². The van der Waals surface area contributed by atoms with Gasteiger partial charge in [0.25, 0.3) is 0 Å². The molecule has 1 aliphatic heterocycles. The van der Waals surface area contributed by atoms with Crippen LogP contribution in [0.4, 0.5) is 0 Å². The third-order valence-electron chi connectivity index (χ3n) is 3.36. The third-order valence-corrected chi connectivity index (χ3v) is 5.75. The molecular formula is C12H17ClN2O2S. The molecule has 0 N–H and O–H groups in total. The number of nitrogens with zero attached hydrogens (tertiary/aromatic N) is 2. The minimum Gasteiger partial charge on any atom is -0.243 e. The lowest BCUT2D eigenvalue weighted by Gasteiger charge is -2.34. The van der Waals surface area contributed by atoms with Crippen LogP contribution in [0.2, 0.25) is 5.15 Å². The highest BCUT2D eigenvalue weighted by Gasteiger charge is 2.33. The first-order valence-corrected chi connectivity index (χ1v) is 8.01. The number of hydrogen-bond donors (Lipinski definition) is 0. The van der Waals surface area contributed by atoms with Crippen LogP contribution in [0, 0.1) is 0 Å². The monoisotopic (exact) mass is 288 g/mol. The molecule has 1 aromatic rings. The van der Waals surface area contributed by atoms with Gasteiger partial charge >= 0.3 is 0 Å². The molecule has 1 atom stereocenters. The quantitative estimate of drug-likeness (QED) is 0.804. The molecule has 6 heteroatoms. The summed E-state index contributed by atoms with van der Waals surface area (Å²) in [4.78, 5) is 3.97. The van der Waals surface area contributed by atoms with Gasteiger partial charge in [-0.2, -0.15) is 4.31 Å². The summed E-state index contributed by atoms with van der Waals surface area (Å²) in [5.74, 6) is 0. The molecule has 1 aliphatic rings. The Balaban J connectivity index is 2.39. The first kappa shape index (κ1) is 13.8. The standard InChI is InChI=1S/C12H17ClN2O2S/c1-2-10-6-3-4-9-15(10)18(16,17)11-7-5-8-14-12(11)13/h5,7-8,10H,2-4,6,9H2,1H3. The summed E-state index contributed by atoms with van der Waals surface area (Å²) in [5, 5.41) is 0.0536. The maximum absolute atomic E-state index is 12.6. The van der Waals surface area contributed by atoms with Crippen molar-refractivity contribution in [1.82, 2.24) is 9.29 Å². The molecule has 2 heterocycles. The van der Waals surface area contributed by atoms with Gasteiger partial charge < -0.3 is 0 Å². The Hall–Kier alpha value is -0.650. The van der Waals surface area contributed by atoms with Crippen LogP contribution >= 0.6 is 11.6 Å². The van der Waals surface area contributed by atoms with Crippen molar-refractivity contribution in [1.29, 1.82) is 0 Å². The van der Waals surface area contributed by atoms with E-state index in [0.29, 0.717) is 6.54 Å². The molecule has 0 saturated carbocycles. The number of aromatic nitrogens is 1. The van der Waals surface area contributed by atoms with E-state index in [-0.39, 0.29) is 16.1 Å². The van der Waals surface area contributed by atoms with E-state index in [0.717, 1.165) is 25.7 Å². The molecule has 0 radical (unpaired) electrons. The SMILES string of the molecule is CCC1CCCCN1S(=O)(=O)c1cccnc1Cl. The second-order valence-corrected chi connectivity index (χ2v) is 6.68. The molecule has 0 bridgehead atoms. The zero-order valence-electron chi connectivity index (χ0n) is 10.3. The van der Waals surface area contributed by atoms with E-state index < -0.39 is 10.0 Å². The minimum absolute atomic E-state index is 0.0536. The van der Waals surface area contributed by atoms with Gasteiger partial charge in [-0.1, -0.05) is 24.9 Å². The van der Waals surface area contributed by atoms with Crippen molar-refractivity contribution in [3.63, 3.8) is 0 Å². The molecule has 1 unspecified atom stereocenters. The van der Waals surface area contributed by atoms with Crippen LogP contribution in [0.25, 0.3) is 0 Å². The van der Waals surface area contributed by atoms with E-state index >= 15 is 0 Å². The molecule has 2 rings (SSSR count). The Labute approximate surface area is 113 Å². The molecule has 0 aromatic carbocycles. The predicted molar refractivity (Wildman–Crippen MR) is 71.1 cm³/mol. The van der Waals surface area contributed by atoms with E-state index in [9.17, 15) is 8.42 Å². The summed E-state index contributed by atoms with van der Waals surface area (Å²) >= 11 is 5.90. The van der Waals surface area contributed by atoms with Crippen LogP contribution in [0.5, 0.6) is 0 Å². The van der Waals surface area contributed by atoms with Gasteiger partial charge in [-0.25, -0.2) is 13.4 Å². The van der Waals surface area contributed by atoms with Crippen molar-refractivity contribution in [2.75, 3.05) is 6.54 Å². The minimum atomic E-state index is -3.52. The van der Waals surface area contributed by atoms with Crippen molar-refractivity contribution in [3.8, 4) is 0 Å². The van der Waals surface area contributed by atoms with Crippen molar-refractivity contribution in [2.45, 2.75) is 43.5 Å². The van der Waals surface area contributed by atoms with Crippen LogP contribution in [-0.2, 0) is 10.0 Å². The third kappa shape index (κ3) is 2.53. The second kappa shape index (κ2) is 5.55. The molecule has 0 spiro atoms. The van der Waals surface area contributed by atoms with Gasteiger partial charge in [0, 0.05) is 18.8 Å². The Kier molecular flexibility index (Phi) is 4.25. The van der Waals surface area contributed by atoms with Crippen molar-refractivity contribution in [3.05, 3.63) is 23.5 Å². The highest BCUT2D eigenvalue weighted by Crippen LogP contribution is 2.29. The molecule has 4 nitrogen and oxygen atoms in total. The predicted octanol–water partition coefficient (Wildman–Crippen LogP) is 2.69. The van der Waals surface area contributed by atoms with Gasteiger partial charge in [0.2, 0.25) is 10.0 Å². The number of hydrogen-bond acceptors (Lipinski definition) is 3. The zero-order chi connectivity index (χ0) is 13.2. The van der Waals surface area contributed by atoms with Crippen LogP contribution in [0.1, 0.15) is 32.6 Å². The Morgan fingerprint density at radius 3 is 2.94 bits per heavy atom. The van der Waals surface area contributed by atoms with Gasteiger partial charge in [0.15, 0.2) is 0 Å². The summed E-state index contributed by atoms with van der Waals surface area (Å²) in [6.45, 7) is 2.59. The van der Waals surface area contributed by atoms with Gasteiger partial charge in [-0.3, -0.25) is 0 Å². The summed E-state index contributed by atoms with van der Waals surface area (Å²) in [6, 6.07) is 3.20. The molecule has 0 amide bonds. The summed E-state index contributed by atoms with van der Waals surface area (Å²) in [7, 11) is -3.52. The summed E-state index contributed by atoms with van der Waals surface area (Å²) < 4.78 is 26.7. The number of sulfonamides is 1. The smallest absolute Gasteiger partial charge is 0.243 e. The second-order valence-electron chi connectivity index (χ2n) is 4.47. The molecule has 18 heavy (non-hydrogen) atoms. The molecular weight excluding hydrogens is 272 g/mol. The maximum Gasteiger partial charge on any atom is 0.246 e. The van der Waals surface area contributed by atoms with Gasteiger partial charge in [0.1, 0.15) is 10.0 Å². The Morgan fingerprint density at radius 1 is 1.50 bits per heavy atom. The fraction of sp³-hybridized carbons (Fsp3) is 0.583. The van der Waals surface area contributed by atoms with Crippen molar-refractivity contribution in [2.24, 2.45) is 0 Å². The normalized spacial score (nSPS) is 22.0. The van der Waals surface area contributed by atoms with Crippen LogP contribution in [0.3, 0.4) is 0 Å². The largest absolute Gasteiger partial charge is 0.246 e. The number of rotatable bonds is 3. The molecule has 1 aromatic heterocycles. The van der Waals surface area contributed by atoms with Crippen LogP contribution in [0.15, 0.2) is 23.2 Å². The first-order valence-electron chi connectivity index (χ1n) is 6.19. The topological polar surface area (TPSA) is 50.3 Å². The van der Waals surface area contributed by atoms with Crippen LogP contribution < -0.4 is 0 Å². The first-order chi connectivity index (χ1) is 8.57. The van der Waals surface area contributed by atoms with Crippen molar-refractivity contribution >= 4 is 21.6 Å². The fourth-order valence-electron chi connectivity index (χ4n) is 2.39. The summed E-state index contributed by atoms with van der Waals surface area (Å²) in [5.41, 5.74) is 0. The number of halogens is 1. The number of pyridine rings is 1. The Bertz CT molecular complexity index is 519. The lowest BCUT2D eigenvalue weighted by molar-refractivity contribution is 0.246. The van der Waals surface area contributed by atoms with E-state index in [4.69, 9.17) is 11.6 Å². The van der Waals surface area contributed by atoms with Gasteiger partial charge in [-0.15, -0.1) is 0 Å². The van der Waals surface area contributed by atoms with Gasteiger partial charge in [0.05, 0.1) is 0 Å². The van der Waals surface area contributed by atoms with E-state index in [1.807, 2.05) is 6.92 Å².